The summed E-state index contributed by atoms with van der Waals surface area (Å²) in [7, 11) is 1.67. The van der Waals surface area contributed by atoms with E-state index in [1.54, 1.807) is 19.2 Å². The Kier molecular flexibility index (Phi) is 4.80. The Morgan fingerprint density at radius 3 is 2.84 bits per heavy atom. The Hall–Kier alpha value is -3.13. The summed E-state index contributed by atoms with van der Waals surface area (Å²) in [5.41, 5.74) is 0.539. The van der Waals surface area contributed by atoms with Crippen molar-refractivity contribution in [3.63, 3.8) is 0 Å². The number of halogens is 2. The number of aromatic nitrogens is 4. The number of carbonyl (C=O) groups excluding carboxylic acids is 1. The Labute approximate surface area is 146 Å². The van der Waals surface area contributed by atoms with E-state index in [4.69, 9.17) is 16.3 Å². The van der Waals surface area contributed by atoms with E-state index in [9.17, 15) is 9.18 Å². The number of anilines is 1. The van der Waals surface area contributed by atoms with Crippen molar-refractivity contribution in [2.75, 3.05) is 12.4 Å². The van der Waals surface area contributed by atoms with Gasteiger partial charge < -0.3 is 10.1 Å². The van der Waals surface area contributed by atoms with Crippen molar-refractivity contribution in [3.8, 4) is 23.0 Å². The highest BCUT2D eigenvalue weighted by atomic mass is 35.5. The molecular formula is C16H11ClFN5O2. The number of ether oxygens (including phenoxy) is 1. The fourth-order valence-electron chi connectivity index (χ4n) is 2.00. The first-order valence-electron chi connectivity index (χ1n) is 7.08. The number of nitrogens with one attached hydrogen (secondary N) is 1. The lowest BCUT2D eigenvalue weighted by Crippen LogP contribution is -2.01. The second-order valence-corrected chi connectivity index (χ2v) is 5.10. The summed E-state index contributed by atoms with van der Waals surface area (Å²) in [6.07, 6.45) is 2.81. The van der Waals surface area contributed by atoms with Crippen molar-refractivity contribution in [1.29, 1.82) is 0 Å². The standard InChI is InChI=1S/C16H11ClFN5O2/c1-19-16-22-8-21-14(23-16)10-3-2-6-20-15(10)25-12-7-9(13(17)24)4-5-11(12)18/h2-8H,1H3,(H,19,21,22,23). The van der Waals surface area contributed by atoms with Gasteiger partial charge in [0.15, 0.2) is 17.4 Å². The van der Waals surface area contributed by atoms with Crippen molar-refractivity contribution in [2.45, 2.75) is 0 Å². The maximum atomic E-state index is 14.0. The molecule has 3 aromatic rings. The first-order chi connectivity index (χ1) is 12.1. The van der Waals surface area contributed by atoms with Crippen molar-refractivity contribution in [3.05, 3.63) is 54.2 Å². The summed E-state index contributed by atoms with van der Waals surface area (Å²) < 4.78 is 19.6. The van der Waals surface area contributed by atoms with Gasteiger partial charge >= 0.3 is 0 Å². The van der Waals surface area contributed by atoms with Gasteiger partial charge in [-0.25, -0.2) is 19.3 Å². The van der Waals surface area contributed by atoms with E-state index < -0.39 is 11.1 Å². The summed E-state index contributed by atoms with van der Waals surface area (Å²) in [5, 5.41) is 2.08. The number of hydrogen-bond donors (Lipinski definition) is 1. The quantitative estimate of drug-likeness (QED) is 0.699. The van der Waals surface area contributed by atoms with Gasteiger partial charge in [0.1, 0.15) is 6.33 Å². The maximum absolute atomic E-state index is 14.0. The van der Waals surface area contributed by atoms with Gasteiger partial charge in [0.25, 0.3) is 5.24 Å². The molecular weight excluding hydrogens is 349 g/mol. The molecule has 3 rings (SSSR count). The average molecular weight is 360 g/mol. The van der Waals surface area contributed by atoms with Crippen molar-refractivity contribution in [1.82, 2.24) is 19.9 Å². The largest absolute Gasteiger partial charge is 0.435 e. The van der Waals surface area contributed by atoms with Crippen LogP contribution in [-0.4, -0.2) is 32.2 Å². The zero-order valence-corrected chi connectivity index (χ0v) is 13.7. The van der Waals surface area contributed by atoms with E-state index in [0.717, 1.165) is 6.07 Å². The molecule has 0 aliphatic carbocycles. The van der Waals surface area contributed by atoms with Crippen molar-refractivity contribution in [2.24, 2.45) is 0 Å². The number of benzene rings is 1. The Balaban J connectivity index is 2.02. The predicted molar refractivity (Wildman–Crippen MR) is 89.3 cm³/mol. The molecule has 0 bridgehead atoms. The normalized spacial score (nSPS) is 10.4. The minimum absolute atomic E-state index is 0.0776. The molecule has 0 saturated carbocycles. The summed E-state index contributed by atoms with van der Waals surface area (Å²) >= 11 is 5.42. The molecule has 2 heterocycles. The molecule has 0 unspecified atom stereocenters. The molecule has 9 heteroatoms. The van der Waals surface area contributed by atoms with E-state index >= 15 is 0 Å². The Morgan fingerprint density at radius 1 is 1.24 bits per heavy atom. The maximum Gasteiger partial charge on any atom is 0.252 e. The van der Waals surface area contributed by atoms with Crippen LogP contribution in [0, 0.1) is 5.82 Å². The monoisotopic (exact) mass is 359 g/mol. The van der Waals surface area contributed by atoms with Crippen molar-refractivity contribution < 1.29 is 13.9 Å². The third-order valence-corrected chi connectivity index (χ3v) is 3.39. The molecule has 0 amide bonds. The highest BCUT2D eigenvalue weighted by molar-refractivity contribution is 6.67. The van der Waals surface area contributed by atoms with E-state index in [1.165, 1.54) is 24.7 Å². The summed E-state index contributed by atoms with van der Waals surface area (Å²) in [5.74, 6) is -0.110. The van der Waals surface area contributed by atoms with Crippen LogP contribution in [0.3, 0.4) is 0 Å². The van der Waals surface area contributed by atoms with Gasteiger partial charge in [-0.3, -0.25) is 4.79 Å². The molecule has 7 nitrogen and oxygen atoms in total. The van der Waals surface area contributed by atoms with Gasteiger partial charge in [-0.05, 0) is 41.9 Å². The minimum atomic E-state index is -0.720. The first-order valence-corrected chi connectivity index (χ1v) is 7.45. The van der Waals surface area contributed by atoms with Crippen LogP contribution >= 0.6 is 11.6 Å². The third kappa shape index (κ3) is 3.69. The molecule has 126 valence electrons. The van der Waals surface area contributed by atoms with Gasteiger partial charge in [-0.1, -0.05) is 0 Å². The third-order valence-electron chi connectivity index (χ3n) is 3.17. The van der Waals surface area contributed by atoms with Crippen LogP contribution in [0.25, 0.3) is 11.4 Å². The first kappa shape index (κ1) is 16.7. The average Bonchev–Trinajstić information content (AvgIpc) is 2.64. The molecule has 0 aliphatic rings. The van der Waals surface area contributed by atoms with Crippen molar-refractivity contribution >= 4 is 22.8 Å². The van der Waals surface area contributed by atoms with E-state index in [1.807, 2.05) is 0 Å². The lowest BCUT2D eigenvalue weighted by molar-refractivity contribution is 0.108. The van der Waals surface area contributed by atoms with Gasteiger partial charge in [0.2, 0.25) is 11.8 Å². The molecule has 0 saturated heterocycles. The molecule has 0 radical (unpaired) electrons. The second kappa shape index (κ2) is 7.18. The zero-order valence-electron chi connectivity index (χ0n) is 12.9. The molecule has 25 heavy (non-hydrogen) atoms. The number of carbonyl (C=O) groups is 1. The number of rotatable bonds is 5. The van der Waals surface area contributed by atoms with Crippen LogP contribution in [0.4, 0.5) is 10.3 Å². The van der Waals surface area contributed by atoms with Gasteiger partial charge in [-0.15, -0.1) is 0 Å². The fourth-order valence-corrected chi connectivity index (χ4v) is 2.11. The minimum Gasteiger partial charge on any atom is -0.435 e. The molecule has 2 aromatic heterocycles. The van der Waals surface area contributed by atoms with Gasteiger partial charge in [0, 0.05) is 18.8 Å². The lowest BCUT2D eigenvalue weighted by Gasteiger charge is -2.10. The summed E-state index contributed by atoms with van der Waals surface area (Å²) in [4.78, 5) is 27.6. The van der Waals surface area contributed by atoms with Crippen LogP contribution < -0.4 is 10.1 Å². The fraction of sp³-hybridized carbons (Fsp3) is 0.0625. The molecule has 0 fully saturated rings. The SMILES string of the molecule is CNc1ncnc(-c2cccnc2Oc2cc(C(=O)Cl)ccc2F)n1. The molecule has 1 aromatic carbocycles. The second-order valence-electron chi connectivity index (χ2n) is 4.76. The summed E-state index contributed by atoms with van der Waals surface area (Å²) in [6, 6.07) is 6.90. The molecule has 0 aliphatic heterocycles. The molecule has 1 N–H and O–H groups in total. The Bertz CT molecular complexity index is 938. The Morgan fingerprint density at radius 2 is 2.08 bits per heavy atom. The summed E-state index contributed by atoms with van der Waals surface area (Å²) in [6.45, 7) is 0. The van der Waals surface area contributed by atoms with Gasteiger partial charge in [0.05, 0.1) is 5.56 Å². The number of hydrogen-bond acceptors (Lipinski definition) is 7. The van der Waals surface area contributed by atoms with Crippen LogP contribution in [0.2, 0.25) is 0 Å². The van der Waals surface area contributed by atoms with E-state index in [-0.39, 0.29) is 17.2 Å². The van der Waals surface area contributed by atoms with Crippen LogP contribution in [-0.2, 0) is 0 Å². The topological polar surface area (TPSA) is 89.9 Å². The van der Waals surface area contributed by atoms with E-state index in [2.05, 4.69) is 25.3 Å². The highest BCUT2D eigenvalue weighted by Gasteiger charge is 2.15. The smallest absolute Gasteiger partial charge is 0.252 e. The van der Waals surface area contributed by atoms with Crippen LogP contribution in [0.15, 0.2) is 42.9 Å². The zero-order chi connectivity index (χ0) is 17.8. The molecule has 0 atom stereocenters. The van der Waals surface area contributed by atoms with Crippen LogP contribution in [0.1, 0.15) is 10.4 Å². The number of nitrogens with zero attached hydrogens (tertiary/aromatic N) is 4. The van der Waals surface area contributed by atoms with Crippen LogP contribution in [0.5, 0.6) is 11.6 Å². The highest BCUT2D eigenvalue weighted by Crippen LogP contribution is 2.31. The predicted octanol–water partition coefficient (Wildman–Crippen LogP) is 3.29. The van der Waals surface area contributed by atoms with E-state index in [0.29, 0.717) is 17.3 Å². The molecule has 0 spiro atoms. The van der Waals surface area contributed by atoms with Gasteiger partial charge in [-0.2, -0.15) is 4.98 Å². The number of pyridine rings is 1. The lowest BCUT2D eigenvalue weighted by atomic mass is 10.2.